The largest absolute Gasteiger partial charge is 0.486 e. The molecular formula is C24H26N2O7. The molecule has 0 bridgehead atoms. The van der Waals surface area contributed by atoms with E-state index in [4.69, 9.17) is 18.6 Å². The molecule has 3 aliphatic heterocycles. The van der Waals surface area contributed by atoms with E-state index in [2.05, 4.69) is 4.90 Å². The Balaban J connectivity index is 1.45. The summed E-state index contributed by atoms with van der Waals surface area (Å²) in [6.07, 6.45) is 0. The number of carbonyl (C=O) groups excluding carboxylic acids is 3. The van der Waals surface area contributed by atoms with Gasteiger partial charge >= 0.3 is 0 Å². The van der Waals surface area contributed by atoms with Gasteiger partial charge in [-0.3, -0.25) is 19.3 Å². The predicted molar refractivity (Wildman–Crippen MR) is 115 cm³/mol. The lowest BCUT2D eigenvalue weighted by Crippen LogP contribution is -2.42. The first-order valence-corrected chi connectivity index (χ1v) is 11.2. The monoisotopic (exact) mass is 454 g/mol. The van der Waals surface area contributed by atoms with Gasteiger partial charge in [-0.15, -0.1) is 0 Å². The number of hydrogen-bond donors (Lipinski definition) is 0. The summed E-state index contributed by atoms with van der Waals surface area (Å²) in [5.74, 6) is -0.891. The van der Waals surface area contributed by atoms with Crippen molar-refractivity contribution in [1.29, 1.82) is 0 Å². The number of ether oxygens (including phenoxy) is 3. The Morgan fingerprint density at radius 3 is 2.45 bits per heavy atom. The lowest BCUT2D eigenvalue weighted by Gasteiger charge is -2.30. The maximum Gasteiger partial charge on any atom is 0.291 e. The summed E-state index contributed by atoms with van der Waals surface area (Å²) >= 11 is 0. The molecule has 0 saturated carbocycles. The van der Waals surface area contributed by atoms with E-state index in [1.807, 2.05) is 0 Å². The SMILES string of the molecule is Cc1ccc(C2C(C(=O)c3ccc4c(c3)OCCO4)C(=O)C(=O)N2CCN2CCOCC2)o1. The fraction of sp³-hybridized carbons (Fsp3) is 0.458. The van der Waals surface area contributed by atoms with Crippen molar-refractivity contribution in [3.63, 3.8) is 0 Å². The number of furan rings is 1. The molecule has 33 heavy (non-hydrogen) atoms. The molecule has 2 atom stereocenters. The average Bonchev–Trinajstić information content (AvgIpc) is 3.38. The number of morpholine rings is 1. The van der Waals surface area contributed by atoms with E-state index in [1.54, 1.807) is 37.3 Å². The van der Waals surface area contributed by atoms with Crippen molar-refractivity contribution in [2.24, 2.45) is 5.92 Å². The van der Waals surface area contributed by atoms with Crippen LogP contribution in [0, 0.1) is 12.8 Å². The van der Waals surface area contributed by atoms with Crippen LogP contribution in [0.3, 0.4) is 0 Å². The molecule has 174 valence electrons. The number of carbonyl (C=O) groups is 3. The summed E-state index contributed by atoms with van der Waals surface area (Å²) in [4.78, 5) is 43.4. The number of benzene rings is 1. The van der Waals surface area contributed by atoms with Crippen molar-refractivity contribution in [1.82, 2.24) is 9.80 Å². The summed E-state index contributed by atoms with van der Waals surface area (Å²) in [5, 5.41) is 0. The zero-order chi connectivity index (χ0) is 22.9. The van der Waals surface area contributed by atoms with E-state index in [0.717, 1.165) is 13.1 Å². The standard InChI is InChI=1S/C24H26N2O7/c1-15-2-4-18(33-15)21-20(22(27)16-3-5-17-19(14-16)32-13-12-31-17)23(28)24(29)26(21)7-6-25-8-10-30-11-9-25/h2-5,14,20-21H,6-13H2,1H3. The van der Waals surface area contributed by atoms with E-state index in [-0.39, 0.29) is 0 Å². The van der Waals surface area contributed by atoms with Gasteiger partial charge in [-0.05, 0) is 37.3 Å². The molecule has 1 aromatic heterocycles. The summed E-state index contributed by atoms with van der Waals surface area (Å²) in [6, 6.07) is 7.56. The Morgan fingerprint density at radius 2 is 1.73 bits per heavy atom. The number of hydrogen-bond acceptors (Lipinski definition) is 8. The number of likely N-dealkylation sites (tertiary alicyclic amines) is 1. The number of Topliss-reactive ketones (excluding diaryl/α,β-unsaturated/α-hetero) is 2. The van der Waals surface area contributed by atoms with Gasteiger partial charge in [0.1, 0.15) is 36.7 Å². The van der Waals surface area contributed by atoms with Crippen LogP contribution >= 0.6 is 0 Å². The molecule has 0 radical (unpaired) electrons. The van der Waals surface area contributed by atoms with Gasteiger partial charge in [0.05, 0.1) is 13.2 Å². The summed E-state index contributed by atoms with van der Waals surface area (Å²) in [7, 11) is 0. The third-order valence-electron chi connectivity index (χ3n) is 6.33. The van der Waals surface area contributed by atoms with Crippen LogP contribution < -0.4 is 9.47 Å². The highest BCUT2D eigenvalue weighted by molar-refractivity contribution is 6.44. The molecule has 2 aromatic rings. The van der Waals surface area contributed by atoms with Crippen LogP contribution in [0.15, 0.2) is 34.7 Å². The van der Waals surface area contributed by atoms with Gasteiger partial charge in [0.25, 0.3) is 5.91 Å². The quantitative estimate of drug-likeness (QED) is 0.369. The summed E-state index contributed by atoms with van der Waals surface area (Å²) in [6.45, 7) is 6.32. The lowest BCUT2D eigenvalue weighted by molar-refractivity contribution is -0.141. The Hall–Kier alpha value is -3.17. The van der Waals surface area contributed by atoms with E-state index < -0.39 is 29.4 Å². The first kappa shape index (κ1) is 21.7. The molecular weight excluding hydrogens is 428 g/mol. The average molecular weight is 454 g/mol. The van der Waals surface area contributed by atoms with Crippen LogP contribution in [0.1, 0.15) is 27.9 Å². The van der Waals surface area contributed by atoms with Crippen LogP contribution in [0.25, 0.3) is 0 Å². The number of nitrogens with zero attached hydrogens (tertiary/aromatic N) is 2. The van der Waals surface area contributed by atoms with Gasteiger partial charge in [-0.2, -0.15) is 0 Å². The molecule has 5 rings (SSSR count). The summed E-state index contributed by atoms with van der Waals surface area (Å²) < 4.78 is 22.3. The van der Waals surface area contributed by atoms with Crippen molar-refractivity contribution in [2.45, 2.75) is 13.0 Å². The molecule has 4 heterocycles. The van der Waals surface area contributed by atoms with Gasteiger partial charge in [-0.25, -0.2) is 0 Å². The zero-order valence-electron chi connectivity index (χ0n) is 18.5. The molecule has 0 spiro atoms. The maximum absolute atomic E-state index is 13.6. The molecule has 2 fully saturated rings. The highest BCUT2D eigenvalue weighted by atomic mass is 16.6. The minimum absolute atomic E-state index is 0.300. The third kappa shape index (κ3) is 4.14. The minimum Gasteiger partial charge on any atom is -0.486 e. The smallest absolute Gasteiger partial charge is 0.291 e. The van der Waals surface area contributed by atoms with E-state index in [9.17, 15) is 14.4 Å². The predicted octanol–water partition coefficient (Wildman–Crippen LogP) is 1.64. The van der Waals surface area contributed by atoms with Crippen LogP contribution in [0.5, 0.6) is 11.5 Å². The van der Waals surface area contributed by atoms with Crippen LogP contribution in [0.4, 0.5) is 0 Å². The van der Waals surface area contributed by atoms with Crippen molar-refractivity contribution in [3.8, 4) is 11.5 Å². The van der Waals surface area contributed by atoms with Gasteiger partial charge in [0.2, 0.25) is 5.78 Å². The van der Waals surface area contributed by atoms with Crippen LogP contribution in [-0.4, -0.2) is 79.9 Å². The third-order valence-corrected chi connectivity index (χ3v) is 6.33. The fourth-order valence-electron chi connectivity index (χ4n) is 4.61. The molecule has 9 heteroatoms. The van der Waals surface area contributed by atoms with E-state index in [0.29, 0.717) is 68.1 Å². The van der Waals surface area contributed by atoms with Crippen molar-refractivity contribution < 1.29 is 33.0 Å². The fourth-order valence-corrected chi connectivity index (χ4v) is 4.61. The van der Waals surface area contributed by atoms with Crippen molar-refractivity contribution in [3.05, 3.63) is 47.4 Å². The number of ketones is 2. The molecule has 0 N–H and O–H groups in total. The zero-order valence-corrected chi connectivity index (χ0v) is 18.5. The Morgan fingerprint density at radius 1 is 0.970 bits per heavy atom. The minimum atomic E-state index is -1.18. The molecule has 2 saturated heterocycles. The topological polar surface area (TPSA) is 98.5 Å². The highest BCUT2D eigenvalue weighted by Gasteiger charge is 2.53. The number of amides is 1. The van der Waals surface area contributed by atoms with Gasteiger partial charge in [0.15, 0.2) is 17.3 Å². The number of fused-ring (bicyclic) bond motifs is 1. The first-order chi connectivity index (χ1) is 16.0. The van der Waals surface area contributed by atoms with Crippen molar-refractivity contribution >= 4 is 17.5 Å². The van der Waals surface area contributed by atoms with Crippen molar-refractivity contribution in [2.75, 3.05) is 52.6 Å². The number of rotatable bonds is 6. The molecule has 3 aliphatic rings. The first-order valence-electron chi connectivity index (χ1n) is 11.2. The molecule has 2 unspecified atom stereocenters. The van der Waals surface area contributed by atoms with Crippen LogP contribution in [0.2, 0.25) is 0 Å². The Kier molecular flexibility index (Phi) is 5.90. The second-order valence-electron chi connectivity index (χ2n) is 8.41. The van der Waals surface area contributed by atoms with Crippen LogP contribution in [-0.2, 0) is 14.3 Å². The Bertz CT molecular complexity index is 1070. The molecule has 1 amide bonds. The normalized spacial score (nSPS) is 23.2. The van der Waals surface area contributed by atoms with E-state index >= 15 is 0 Å². The molecule has 0 aliphatic carbocycles. The maximum atomic E-state index is 13.6. The second kappa shape index (κ2) is 8.99. The van der Waals surface area contributed by atoms with E-state index in [1.165, 1.54) is 4.90 Å². The van der Waals surface area contributed by atoms with Gasteiger partial charge in [0, 0.05) is 31.7 Å². The Labute approximate surface area is 191 Å². The second-order valence-corrected chi connectivity index (χ2v) is 8.41. The highest BCUT2D eigenvalue weighted by Crippen LogP contribution is 2.40. The lowest BCUT2D eigenvalue weighted by atomic mass is 9.88. The summed E-state index contributed by atoms with van der Waals surface area (Å²) in [5.41, 5.74) is 0.300. The molecule has 9 nitrogen and oxygen atoms in total. The molecule has 1 aromatic carbocycles. The van der Waals surface area contributed by atoms with Gasteiger partial charge < -0.3 is 23.5 Å². The van der Waals surface area contributed by atoms with Gasteiger partial charge in [-0.1, -0.05) is 0 Å². The number of aryl methyl sites for hydroxylation is 1.